The molecule has 3 heterocycles. The van der Waals surface area contributed by atoms with E-state index in [1.54, 1.807) is 23.0 Å². The molecule has 0 saturated heterocycles. The van der Waals surface area contributed by atoms with Gasteiger partial charge in [0, 0.05) is 43.5 Å². The van der Waals surface area contributed by atoms with Crippen LogP contribution in [0.2, 0.25) is 0 Å². The highest BCUT2D eigenvalue weighted by Crippen LogP contribution is 2.41. The SMILES string of the molecule is CCCCN(CCO)c1cc2c(cc1NC(=O)c1cnn3cccnc13)CC(C)(C)O2. The van der Waals surface area contributed by atoms with E-state index < -0.39 is 0 Å². The maximum atomic E-state index is 13.2. The van der Waals surface area contributed by atoms with Gasteiger partial charge in [0.2, 0.25) is 0 Å². The minimum absolute atomic E-state index is 0.0263. The number of benzene rings is 1. The molecule has 8 nitrogen and oxygen atoms in total. The van der Waals surface area contributed by atoms with E-state index in [-0.39, 0.29) is 18.1 Å². The van der Waals surface area contributed by atoms with Crippen LogP contribution < -0.4 is 15.0 Å². The fraction of sp³-hybridized carbons (Fsp3) is 0.435. The molecule has 2 N–H and O–H groups in total. The van der Waals surface area contributed by atoms with Crippen molar-refractivity contribution in [2.24, 2.45) is 0 Å². The van der Waals surface area contributed by atoms with Gasteiger partial charge in [-0.3, -0.25) is 4.79 Å². The molecule has 0 unspecified atom stereocenters. The van der Waals surface area contributed by atoms with Crippen LogP contribution in [0, 0.1) is 0 Å². The number of nitrogens with zero attached hydrogens (tertiary/aromatic N) is 4. The first-order valence-corrected chi connectivity index (χ1v) is 10.7. The number of aliphatic hydroxyl groups excluding tert-OH is 1. The van der Waals surface area contributed by atoms with E-state index in [4.69, 9.17) is 4.74 Å². The van der Waals surface area contributed by atoms with E-state index in [0.29, 0.717) is 23.4 Å². The summed E-state index contributed by atoms with van der Waals surface area (Å²) in [5, 5.41) is 16.9. The Hall–Kier alpha value is -3.13. The summed E-state index contributed by atoms with van der Waals surface area (Å²) >= 11 is 0. The second-order valence-corrected chi connectivity index (χ2v) is 8.48. The quantitative estimate of drug-likeness (QED) is 0.578. The molecule has 1 aromatic carbocycles. The summed E-state index contributed by atoms with van der Waals surface area (Å²) in [5.41, 5.74) is 3.22. The molecule has 0 radical (unpaired) electrons. The zero-order valence-electron chi connectivity index (χ0n) is 18.3. The summed E-state index contributed by atoms with van der Waals surface area (Å²) in [6.45, 7) is 7.52. The normalized spacial score (nSPS) is 14.3. The number of amides is 1. The predicted octanol–water partition coefficient (Wildman–Crippen LogP) is 3.29. The lowest BCUT2D eigenvalue weighted by atomic mass is 10.0. The van der Waals surface area contributed by atoms with Crippen LogP contribution in [0.4, 0.5) is 11.4 Å². The minimum Gasteiger partial charge on any atom is -0.487 e. The Kier molecular flexibility index (Phi) is 5.82. The highest BCUT2D eigenvalue weighted by molar-refractivity contribution is 6.09. The number of unbranched alkanes of at least 4 members (excludes halogenated alkanes) is 1. The molecule has 164 valence electrons. The fourth-order valence-electron chi connectivity index (χ4n) is 4.00. The van der Waals surface area contributed by atoms with Crippen LogP contribution in [-0.4, -0.2) is 50.9 Å². The maximum absolute atomic E-state index is 13.2. The van der Waals surface area contributed by atoms with E-state index in [9.17, 15) is 9.90 Å². The molecule has 3 aromatic rings. The zero-order valence-corrected chi connectivity index (χ0v) is 18.3. The summed E-state index contributed by atoms with van der Waals surface area (Å²) < 4.78 is 7.71. The van der Waals surface area contributed by atoms with Gasteiger partial charge in [-0.2, -0.15) is 5.10 Å². The number of carbonyl (C=O) groups is 1. The summed E-state index contributed by atoms with van der Waals surface area (Å²) in [4.78, 5) is 19.5. The van der Waals surface area contributed by atoms with Crippen molar-refractivity contribution in [2.75, 3.05) is 29.9 Å². The molecule has 0 saturated carbocycles. The summed E-state index contributed by atoms with van der Waals surface area (Å²) in [6, 6.07) is 5.74. The van der Waals surface area contributed by atoms with Crippen LogP contribution in [0.5, 0.6) is 5.75 Å². The number of nitrogens with one attached hydrogen (secondary N) is 1. The second-order valence-electron chi connectivity index (χ2n) is 8.48. The highest BCUT2D eigenvalue weighted by atomic mass is 16.5. The molecule has 2 aromatic heterocycles. The van der Waals surface area contributed by atoms with Gasteiger partial charge in [0.25, 0.3) is 5.91 Å². The van der Waals surface area contributed by atoms with E-state index in [2.05, 4.69) is 41.1 Å². The van der Waals surface area contributed by atoms with E-state index in [0.717, 1.165) is 42.8 Å². The molecular weight excluding hydrogens is 394 g/mol. The van der Waals surface area contributed by atoms with Gasteiger partial charge in [-0.25, -0.2) is 9.50 Å². The molecule has 1 amide bonds. The number of rotatable bonds is 8. The Morgan fingerprint density at radius 1 is 1.35 bits per heavy atom. The highest BCUT2D eigenvalue weighted by Gasteiger charge is 2.32. The van der Waals surface area contributed by atoms with Crippen molar-refractivity contribution in [3.05, 3.63) is 47.9 Å². The standard InChI is InChI=1S/C23H29N5O3/c1-4-5-8-27(10-11-29)19-13-20-16(14-23(2,3)31-20)12-18(19)26-22(30)17-15-25-28-9-6-7-24-21(17)28/h6-7,9,12-13,15,29H,4-5,8,10-11,14H2,1-3H3,(H,26,30). The first-order valence-electron chi connectivity index (χ1n) is 10.7. The van der Waals surface area contributed by atoms with Crippen molar-refractivity contribution in [3.8, 4) is 5.75 Å². The monoisotopic (exact) mass is 423 g/mol. The van der Waals surface area contributed by atoms with Gasteiger partial charge < -0.3 is 20.1 Å². The molecule has 0 aliphatic carbocycles. The number of carbonyl (C=O) groups excluding carboxylic acids is 1. The molecule has 8 heteroatoms. The number of hydrogen-bond donors (Lipinski definition) is 2. The lowest BCUT2D eigenvalue weighted by Gasteiger charge is -2.27. The van der Waals surface area contributed by atoms with Gasteiger partial charge >= 0.3 is 0 Å². The summed E-state index contributed by atoms with van der Waals surface area (Å²) in [7, 11) is 0. The molecular formula is C23H29N5O3. The largest absolute Gasteiger partial charge is 0.487 e. The van der Waals surface area contributed by atoms with Crippen LogP contribution in [0.3, 0.4) is 0 Å². The van der Waals surface area contributed by atoms with Crippen molar-refractivity contribution in [1.82, 2.24) is 14.6 Å². The lowest BCUT2D eigenvalue weighted by Crippen LogP contribution is -2.29. The third-order valence-electron chi connectivity index (χ3n) is 5.45. The number of aromatic nitrogens is 3. The van der Waals surface area contributed by atoms with Crippen LogP contribution in [0.15, 0.2) is 36.8 Å². The number of ether oxygens (including phenoxy) is 1. The van der Waals surface area contributed by atoms with Crippen molar-refractivity contribution in [2.45, 2.75) is 45.6 Å². The van der Waals surface area contributed by atoms with Gasteiger partial charge in [-0.1, -0.05) is 13.3 Å². The maximum Gasteiger partial charge on any atom is 0.261 e. The van der Waals surface area contributed by atoms with Gasteiger partial charge in [0.1, 0.15) is 16.9 Å². The topological polar surface area (TPSA) is 92.0 Å². The van der Waals surface area contributed by atoms with Crippen LogP contribution >= 0.6 is 0 Å². The minimum atomic E-state index is -0.292. The average molecular weight is 424 g/mol. The second kappa shape index (κ2) is 8.55. The van der Waals surface area contributed by atoms with Crippen LogP contribution in [-0.2, 0) is 6.42 Å². The molecule has 1 aliphatic heterocycles. The molecule has 0 bridgehead atoms. The van der Waals surface area contributed by atoms with E-state index in [1.807, 2.05) is 12.1 Å². The number of anilines is 2. The number of hydrogen-bond acceptors (Lipinski definition) is 6. The fourth-order valence-corrected chi connectivity index (χ4v) is 4.00. The Morgan fingerprint density at radius 3 is 2.97 bits per heavy atom. The van der Waals surface area contributed by atoms with Gasteiger partial charge in [0.15, 0.2) is 5.65 Å². The molecule has 31 heavy (non-hydrogen) atoms. The van der Waals surface area contributed by atoms with Gasteiger partial charge in [-0.05, 0) is 32.4 Å². The molecule has 1 aliphatic rings. The molecule has 0 atom stereocenters. The van der Waals surface area contributed by atoms with Crippen LogP contribution in [0.1, 0.15) is 49.5 Å². The Balaban J connectivity index is 1.72. The lowest BCUT2D eigenvalue weighted by molar-refractivity contribution is 0.102. The summed E-state index contributed by atoms with van der Waals surface area (Å²) in [6.07, 6.45) is 7.70. The number of fused-ring (bicyclic) bond motifs is 2. The Morgan fingerprint density at radius 2 is 2.19 bits per heavy atom. The molecule has 0 spiro atoms. The molecule has 0 fully saturated rings. The summed E-state index contributed by atoms with van der Waals surface area (Å²) in [5.74, 6) is 0.558. The smallest absolute Gasteiger partial charge is 0.261 e. The number of aliphatic hydroxyl groups is 1. The predicted molar refractivity (Wildman–Crippen MR) is 120 cm³/mol. The third-order valence-corrected chi connectivity index (χ3v) is 5.45. The first-order chi connectivity index (χ1) is 14.9. The van der Waals surface area contributed by atoms with Crippen molar-refractivity contribution in [3.63, 3.8) is 0 Å². The zero-order chi connectivity index (χ0) is 22.0. The van der Waals surface area contributed by atoms with Crippen LogP contribution in [0.25, 0.3) is 5.65 Å². The van der Waals surface area contributed by atoms with E-state index >= 15 is 0 Å². The Bertz CT molecular complexity index is 1090. The van der Waals surface area contributed by atoms with Crippen molar-refractivity contribution < 1.29 is 14.6 Å². The van der Waals surface area contributed by atoms with Crippen molar-refractivity contribution in [1.29, 1.82) is 0 Å². The van der Waals surface area contributed by atoms with Crippen molar-refractivity contribution >= 4 is 22.9 Å². The average Bonchev–Trinajstić information content (AvgIpc) is 3.29. The Labute approximate surface area is 181 Å². The van der Waals surface area contributed by atoms with Gasteiger partial charge in [-0.15, -0.1) is 0 Å². The molecule has 4 rings (SSSR count). The van der Waals surface area contributed by atoms with E-state index in [1.165, 1.54) is 6.20 Å². The first kappa shape index (κ1) is 21.1. The third kappa shape index (κ3) is 4.34. The van der Waals surface area contributed by atoms with Gasteiger partial charge in [0.05, 0.1) is 24.2 Å².